The first kappa shape index (κ1) is 25.3. The zero-order valence-electron chi connectivity index (χ0n) is 14.9. The minimum atomic E-state index is 0. The van der Waals surface area contributed by atoms with E-state index in [-0.39, 0.29) is 51.0 Å². The molecule has 2 heterocycles. The molecule has 0 nitrogen and oxygen atoms in total. The fourth-order valence-electron chi connectivity index (χ4n) is 2.78. The molecule has 2 aliphatic carbocycles. The van der Waals surface area contributed by atoms with Crippen LogP contribution >= 0.6 is 21.8 Å². The van der Waals surface area contributed by atoms with Crippen LogP contribution in [-0.4, -0.2) is 10.1 Å². The predicted octanol–water partition coefficient (Wildman–Crippen LogP) is -1.72. The van der Waals surface area contributed by atoms with Crippen LogP contribution in [0.3, 0.4) is 0 Å². The Labute approximate surface area is 189 Å². The number of thiophene rings is 1. The molecule has 5 heteroatoms. The molecule has 0 bridgehead atoms. The molecule has 0 radical (unpaired) electrons. The quantitative estimate of drug-likeness (QED) is 0.326. The Balaban J connectivity index is 0.000000462. The average molecular weight is 489 g/mol. The Kier molecular flexibility index (Phi) is 11.4. The van der Waals surface area contributed by atoms with E-state index in [4.69, 9.17) is 0 Å². The van der Waals surface area contributed by atoms with Crippen LogP contribution in [0.4, 0.5) is 0 Å². The van der Waals surface area contributed by atoms with E-state index in [1.165, 1.54) is 25.8 Å². The predicted molar refractivity (Wildman–Crippen MR) is 103 cm³/mol. The molecule has 1 aromatic heterocycles. The summed E-state index contributed by atoms with van der Waals surface area (Å²) in [5.74, 6) is 0.685. The number of hydrogen-bond donors (Lipinski definition) is 0. The monoisotopic (exact) mass is 486 g/mol. The zero-order valence-corrected chi connectivity index (χ0v) is 20.5. The first-order valence-corrected chi connectivity index (χ1v) is 9.99. The molecule has 2 atom stereocenters. The van der Waals surface area contributed by atoms with Crippen molar-refractivity contribution in [2.24, 2.45) is 5.92 Å². The molecule has 0 saturated heterocycles. The number of allylic oxidation sites excluding steroid dienone is 5. The van der Waals surface area contributed by atoms with Gasteiger partial charge in [-0.05, 0) is 34.8 Å². The second-order valence-corrected chi connectivity index (χ2v) is 9.36. The Bertz CT molecular complexity index is 822. The van der Waals surface area contributed by atoms with Crippen LogP contribution in [-0.2, 0) is 26.2 Å². The summed E-state index contributed by atoms with van der Waals surface area (Å²) >= 11 is 1.81. The van der Waals surface area contributed by atoms with E-state index in [9.17, 15) is 0 Å². The van der Waals surface area contributed by atoms with Gasteiger partial charge in [-0.25, -0.2) is 12.2 Å². The maximum absolute atomic E-state index is 3.62. The van der Waals surface area contributed by atoms with Crippen molar-refractivity contribution >= 4 is 38.3 Å². The number of rotatable bonds is 1. The van der Waals surface area contributed by atoms with Gasteiger partial charge >= 0.3 is 26.2 Å². The van der Waals surface area contributed by atoms with Gasteiger partial charge in [0.1, 0.15) is 0 Å². The van der Waals surface area contributed by atoms with Crippen LogP contribution in [0.15, 0.2) is 40.7 Å². The molecule has 1 aliphatic heterocycles. The molecule has 0 amide bonds. The molecular formula is C20H22Cl2S2Zr. The largest absolute Gasteiger partial charge is 4.00 e. The summed E-state index contributed by atoms with van der Waals surface area (Å²) in [4.78, 5) is 1.52. The van der Waals surface area contributed by atoms with Crippen LogP contribution in [0.1, 0.15) is 34.1 Å². The van der Waals surface area contributed by atoms with E-state index in [0.717, 1.165) is 6.42 Å². The Morgan fingerprint density at radius 3 is 2.52 bits per heavy atom. The summed E-state index contributed by atoms with van der Waals surface area (Å²) in [6, 6.07) is 2.23. The molecule has 0 aromatic carbocycles. The van der Waals surface area contributed by atoms with Crippen LogP contribution < -0.4 is 34.6 Å². The molecule has 3 aliphatic rings. The minimum Gasteiger partial charge on any atom is -1.00 e. The van der Waals surface area contributed by atoms with Crippen molar-refractivity contribution in [3.8, 4) is 0 Å². The van der Waals surface area contributed by atoms with E-state index in [2.05, 4.69) is 74.9 Å². The van der Waals surface area contributed by atoms with Crippen LogP contribution in [0.5, 0.6) is 0 Å². The Hall–Kier alpha value is 0.343. The zero-order chi connectivity index (χ0) is 15.7. The van der Waals surface area contributed by atoms with Gasteiger partial charge in [-0.15, -0.1) is 22.6 Å². The molecule has 0 N–H and O–H groups in total. The van der Waals surface area contributed by atoms with Crippen LogP contribution in [0, 0.1) is 12.0 Å². The van der Waals surface area contributed by atoms with E-state index >= 15 is 0 Å². The molecule has 25 heavy (non-hydrogen) atoms. The van der Waals surface area contributed by atoms with Gasteiger partial charge < -0.3 is 24.8 Å². The Morgan fingerprint density at radius 1 is 1.28 bits per heavy atom. The van der Waals surface area contributed by atoms with Gasteiger partial charge in [-0.1, -0.05) is 25.8 Å². The third kappa shape index (κ3) is 5.66. The molecule has 0 saturated carbocycles. The van der Waals surface area contributed by atoms with Crippen molar-refractivity contribution in [3.63, 3.8) is 0 Å². The molecule has 4 rings (SSSR count). The molecule has 0 fully saturated rings. The Morgan fingerprint density at radius 2 is 2.00 bits per heavy atom. The summed E-state index contributed by atoms with van der Waals surface area (Å²) in [6.45, 7) is 8.86. The summed E-state index contributed by atoms with van der Waals surface area (Å²) in [7, 11) is 0.306. The fraction of sp³-hybridized carbons (Fsp3) is 0.350. The molecule has 132 valence electrons. The molecular weight excluding hydrogens is 466 g/mol. The summed E-state index contributed by atoms with van der Waals surface area (Å²) in [6.07, 6.45) is 14.4. The van der Waals surface area contributed by atoms with Gasteiger partial charge in [0, 0.05) is 0 Å². The SMILES string of the molecule is CC(C)=S1C=CC2=c3ccsc3=[C-]C21.CC(C)C1=CC[C-]=C1.[Cl-].[Cl-].[Zr+4]. The molecule has 0 spiro atoms. The van der Waals surface area contributed by atoms with Crippen molar-refractivity contribution in [2.45, 2.75) is 39.4 Å². The van der Waals surface area contributed by atoms with Crippen LogP contribution in [0.25, 0.3) is 11.6 Å². The summed E-state index contributed by atoms with van der Waals surface area (Å²) < 4.78 is 1.35. The average Bonchev–Trinajstić information content (AvgIpc) is 3.21. The van der Waals surface area contributed by atoms with Crippen molar-refractivity contribution in [2.75, 3.05) is 0 Å². The van der Waals surface area contributed by atoms with Gasteiger partial charge in [-0.2, -0.15) is 38.7 Å². The van der Waals surface area contributed by atoms with Crippen molar-refractivity contribution in [1.29, 1.82) is 0 Å². The van der Waals surface area contributed by atoms with Gasteiger partial charge in [0.15, 0.2) is 0 Å². The number of fused-ring (bicyclic) bond motifs is 2. The van der Waals surface area contributed by atoms with Crippen molar-refractivity contribution in [1.82, 2.24) is 0 Å². The van der Waals surface area contributed by atoms with E-state index in [1.54, 1.807) is 0 Å². The van der Waals surface area contributed by atoms with Crippen molar-refractivity contribution in [3.05, 3.63) is 56.5 Å². The first-order chi connectivity index (χ1) is 10.6. The molecule has 1 aromatic rings. The number of halogens is 2. The summed E-state index contributed by atoms with van der Waals surface area (Å²) in [5, 5.41) is 6.48. The van der Waals surface area contributed by atoms with Crippen molar-refractivity contribution < 1.29 is 51.0 Å². The van der Waals surface area contributed by atoms with Gasteiger partial charge in [0.2, 0.25) is 0 Å². The van der Waals surface area contributed by atoms with E-state index in [0.29, 0.717) is 21.7 Å². The third-order valence-corrected chi connectivity index (χ3v) is 7.13. The fourth-order valence-corrected chi connectivity index (χ4v) is 5.61. The third-order valence-electron chi connectivity index (χ3n) is 4.03. The van der Waals surface area contributed by atoms with Gasteiger partial charge in [-0.3, -0.25) is 6.08 Å². The summed E-state index contributed by atoms with van der Waals surface area (Å²) in [5.41, 5.74) is 2.93. The maximum atomic E-state index is 3.62. The second kappa shape index (κ2) is 11.2. The first-order valence-electron chi connectivity index (χ1n) is 7.76. The smallest absolute Gasteiger partial charge is 1.00 e. The van der Waals surface area contributed by atoms with Crippen LogP contribution in [0.2, 0.25) is 0 Å². The molecule has 2 unspecified atom stereocenters. The standard InChI is InChI=1S/C12H11S2.C8H11.2ClH.Zr/c1-8(2)14-6-4-10-9-3-5-13-11(9)7-12(10)14;1-7(2)8-5-3-4-6-8;;;/h3-6,12H,1-2H3;5-7H,3H2,1-2H3;2*1H;/q2*-1;;;+4/p-2. The number of hydrogen-bond acceptors (Lipinski definition) is 1. The maximum Gasteiger partial charge on any atom is 4.00 e. The van der Waals surface area contributed by atoms with Gasteiger partial charge in [0.25, 0.3) is 0 Å². The van der Waals surface area contributed by atoms with E-state index in [1.807, 2.05) is 11.3 Å². The second-order valence-electron chi connectivity index (χ2n) is 6.14. The van der Waals surface area contributed by atoms with Gasteiger partial charge in [0.05, 0.1) is 0 Å². The minimum absolute atomic E-state index is 0. The van der Waals surface area contributed by atoms with E-state index < -0.39 is 0 Å². The normalized spacial score (nSPS) is 21.0. The topological polar surface area (TPSA) is 0 Å².